The second-order valence-corrected chi connectivity index (χ2v) is 9.28. The van der Waals surface area contributed by atoms with E-state index in [0.29, 0.717) is 40.2 Å². The number of nitrogens with one attached hydrogen (secondary N) is 1. The molecule has 0 saturated heterocycles. The molecule has 0 amide bonds. The van der Waals surface area contributed by atoms with Gasteiger partial charge in [-0.25, -0.2) is 8.78 Å². The fraction of sp³-hybridized carbons (Fsp3) is 0.333. The summed E-state index contributed by atoms with van der Waals surface area (Å²) in [6, 6.07) is 7.17. The first-order chi connectivity index (χ1) is 14.8. The molecule has 4 aromatic rings. The maximum atomic E-state index is 16.2. The third-order valence-electron chi connectivity index (χ3n) is 6.51. The van der Waals surface area contributed by atoms with E-state index in [1.54, 1.807) is 10.6 Å². The lowest BCUT2D eigenvalue weighted by Gasteiger charge is -2.35. The number of benzene rings is 2. The second-order valence-electron chi connectivity index (χ2n) is 9.28. The zero-order valence-corrected chi connectivity index (χ0v) is 17.9. The van der Waals surface area contributed by atoms with E-state index in [9.17, 15) is 4.39 Å². The van der Waals surface area contributed by atoms with Crippen molar-refractivity contribution in [3.05, 3.63) is 59.3 Å². The molecule has 2 aromatic heterocycles. The summed E-state index contributed by atoms with van der Waals surface area (Å²) in [4.78, 5) is 0. The number of fused-ring (bicyclic) bond motifs is 4. The Morgan fingerprint density at radius 3 is 2.58 bits per heavy atom. The predicted octanol–water partition coefficient (Wildman–Crippen LogP) is 5.78. The normalized spacial score (nSPS) is 16.8. The van der Waals surface area contributed by atoms with Gasteiger partial charge in [-0.1, -0.05) is 0 Å². The van der Waals surface area contributed by atoms with E-state index in [4.69, 9.17) is 0 Å². The van der Waals surface area contributed by atoms with Crippen molar-refractivity contribution < 1.29 is 8.78 Å². The first-order valence-electron chi connectivity index (χ1n) is 10.6. The first kappa shape index (κ1) is 18.5. The molecule has 2 aliphatic rings. The monoisotopic (exact) mass is 419 g/mol. The van der Waals surface area contributed by atoms with Gasteiger partial charge in [0.2, 0.25) is 0 Å². The summed E-state index contributed by atoms with van der Waals surface area (Å²) in [6.45, 7) is 7.76. The maximum absolute atomic E-state index is 16.2. The smallest absolute Gasteiger partial charge is 0.162 e. The Hall–Kier alpha value is -3.22. The molecule has 1 aliphatic heterocycles. The molecule has 1 N–H and O–H groups in total. The summed E-state index contributed by atoms with van der Waals surface area (Å²) in [6.07, 6.45) is 4.18. The van der Waals surface area contributed by atoms with E-state index >= 15 is 4.39 Å². The quantitative estimate of drug-likeness (QED) is 0.448. The molecule has 158 valence electrons. The van der Waals surface area contributed by atoms with E-state index in [-0.39, 0.29) is 5.82 Å². The Bertz CT molecular complexity index is 1390. The van der Waals surface area contributed by atoms with Crippen LogP contribution in [0, 0.1) is 25.5 Å². The molecular weight excluding hydrogens is 396 g/mol. The van der Waals surface area contributed by atoms with Gasteiger partial charge in [-0.2, -0.15) is 0 Å². The Morgan fingerprint density at radius 2 is 1.84 bits per heavy atom. The number of anilines is 1. The van der Waals surface area contributed by atoms with Crippen LogP contribution in [-0.2, 0) is 5.54 Å². The van der Waals surface area contributed by atoms with Gasteiger partial charge < -0.3 is 9.88 Å². The highest BCUT2D eigenvalue weighted by atomic mass is 19.1. The number of hydrogen-bond donors (Lipinski definition) is 1. The van der Waals surface area contributed by atoms with Crippen LogP contribution in [0.25, 0.3) is 27.7 Å². The van der Waals surface area contributed by atoms with Gasteiger partial charge in [0.05, 0.1) is 16.7 Å². The zero-order valence-electron chi connectivity index (χ0n) is 17.9. The molecule has 6 rings (SSSR count). The van der Waals surface area contributed by atoms with Crippen LogP contribution >= 0.6 is 0 Å². The number of aryl methyl sites for hydroxylation is 2. The van der Waals surface area contributed by atoms with E-state index in [1.165, 1.54) is 6.07 Å². The Morgan fingerprint density at radius 1 is 1.06 bits per heavy atom. The molecule has 1 aliphatic carbocycles. The fourth-order valence-corrected chi connectivity index (χ4v) is 4.86. The third-order valence-corrected chi connectivity index (χ3v) is 6.51. The van der Waals surface area contributed by atoms with Crippen LogP contribution in [0.1, 0.15) is 49.9 Å². The molecule has 2 aromatic carbocycles. The fourth-order valence-electron chi connectivity index (χ4n) is 4.86. The Kier molecular flexibility index (Phi) is 3.55. The maximum Gasteiger partial charge on any atom is 0.162 e. The van der Waals surface area contributed by atoms with Crippen molar-refractivity contribution in [1.82, 2.24) is 19.3 Å². The van der Waals surface area contributed by atoms with E-state index in [2.05, 4.69) is 20.1 Å². The molecule has 7 heteroatoms. The van der Waals surface area contributed by atoms with Gasteiger partial charge in [0.25, 0.3) is 0 Å². The highest BCUT2D eigenvalue weighted by Crippen LogP contribution is 2.45. The van der Waals surface area contributed by atoms with Gasteiger partial charge >= 0.3 is 0 Å². The highest BCUT2D eigenvalue weighted by Gasteiger charge is 2.37. The molecule has 0 unspecified atom stereocenters. The lowest BCUT2D eigenvalue weighted by atomic mass is 9.93. The van der Waals surface area contributed by atoms with Crippen molar-refractivity contribution >= 4 is 16.6 Å². The number of halogens is 2. The molecule has 1 fully saturated rings. The van der Waals surface area contributed by atoms with Gasteiger partial charge in [-0.05, 0) is 75.9 Å². The second kappa shape index (κ2) is 5.93. The molecule has 3 heterocycles. The number of rotatable bonds is 2. The highest BCUT2D eigenvalue weighted by molar-refractivity contribution is 5.97. The number of aromatic nitrogens is 4. The molecule has 31 heavy (non-hydrogen) atoms. The minimum absolute atomic E-state index is 0.363. The van der Waals surface area contributed by atoms with Crippen molar-refractivity contribution in [3.63, 3.8) is 0 Å². The van der Waals surface area contributed by atoms with Gasteiger partial charge in [0, 0.05) is 23.2 Å². The molecule has 0 spiro atoms. The van der Waals surface area contributed by atoms with Crippen LogP contribution in [-0.4, -0.2) is 19.3 Å². The van der Waals surface area contributed by atoms with Crippen LogP contribution in [0.5, 0.6) is 0 Å². The molecule has 0 radical (unpaired) electrons. The topological polar surface area (TPSA) is 47.7 Å². The Labute approximate surface area is 178 Å². The molecule has 1 saturated carbocycles. The van der Waals surface area contributed by atoms with Gasteiger partial charge in [-0.15, -0.1) is 10.2 Å². The summed E-state index contributed by atoms with van der Waals surface area (Å²) in [7, 11) is 0. The standard InChI is InChI=1S/C24H23F2N5/c1-12-9-18(17-10-14(25)11-19-16(17)7-8-30(19)15-5-6-15)20(26)22-21(12)27-24(3,4)23-29-28-13(2)31(22)23/h7-11,15,27H,5-6H2,1-4H3. The summed E-state index contributed by atoms with van der Waals surface area (Å²) < 4.78 is 34.8. The predicted molar refractivity (Wildman–Crippen MR) is 117 cm³/mol. The van der Waals surface area contributed by atoms with Crippen LogP contribution in [0.15, 0.2) is 30.5 Å². The number of hydrogen-bond acceptors (Lipinski definition) is 3. The minimum Gasteiger partial charge on any atom is -0.371 e. The summed E-state index contributed by atoms with van der Waals surface area (Å²) >= 11 is 0. The van der Waals surface area contributed by atoms with Crippen molar-refractivity contribution in [2.24, 2.45) is 0 Å². The van der Waals surface area contributed by atoms with Crippen LogP contribution in [0.4, 0.5) is 14.5 Å². The van der Waals surface area contributed by atoms with Crippen LogP contribution in [0.3, 0.4) is 0 Å². The summed E-state index contributed by atoms with van der Waals surface area (Å²) in [5.74, 6) is 0.500. The molecule has 0 bridgehead atoms. The van der Waals surface area contributed by atoms with Crippen LogP contribution in [0.2, 0.25) is 0 Å². The van der Waals surface area contributed by atoms with Crippen LogP contribution < -0.4 is 5.32 Å². The average Bonchev–Trinajstić information content (AvgIpc) is 3.34. The Balaban J connectivity index is 1.66. The van der Waals surface area contributed by atoms with Gasteiger partial charge in [0.15, 0.2) is 11.6 Å². The summed E-state index contributed by atoms with van der Waals surface area (Å²) in [5, 5.41) is 12.8. The lowest BCUT2D eigenvalue weighted by Crippen LogP contribution is -2.36. The van der Waals surface area contributed by atoms with Gasteiger partial charge in [0.1, 0.15) is 17.3 Å². The van der Waals surface area contributed by atoms with Gasteiger partial charge in [-0.3, -0.25) is 4.57 Å². The SMILES string of the molecule is Cc1cc(-c2cc(F)cc3c2ccn3C2CC2)c(F)c2c1NC(C)(C)c1nnc(C)n1-2. The average molecular weight is 419 g/mol. The van der Waals surface area contributed by atoms with E-state index in [1.807, 2.05) is 46.0 Å². The molecule has 0 atom stereocenters. The van der Waals surface area contributed by atoms with Crippen molar-refractivity contribution in [3.8, 4) is 16.8 Å². The lowest BCUT2D eigenvalue weighted by molar-refractivity contribution is 0.522. The minimum atomic E-state index is -0.499. The first-order valence-corrected chi connectivity index (χ1v) is 10.6. The number of nitrogens with zero attached hydrogens (tertiary/aromatic N) is 4. The van der Waals surface area contributed by atoms with Crippen molar-refractivity contribution in [2.45, 2.75) is 52.1 Å². The van der Waals surface area contributed by atoms with E-state index in [0.717, 1.165) is 29.3 Å². The molecule has 5 nitrogen and oxygen atoms in total. The van der Waals surface area contributed by atoms with Crippen molar-refractivity contribution in [2.75, 3.05) is 5.32 Å². The molecular formula is C24H23F2N5. The summed E-state index contributed by atoms with van der Waals surface area (Å²) in [5.41, 5.74) is 3.26. The third kappa shape index (κ3) is 2.52. The zero-order chi connectivity index (χ0) is 21.7. The van der Waals surface area contributed by atoms with E-state index < -0.39 is 11.4 Å². The largest absolute Gasteiger partial charge is 0.371 e. The van der Waals surface area contributed by atoms with Crippen molar-refractivity contribution in [1.29, 1.82) is 0 Å².